The van der Waals surface area contributed by atoms with E-state index >= 15 is 0 Å². The first-order valence-electron chi connectivity index (χ1n) is 3.17. The predicted molar refractivity (Wildman–Crippen MR) is 48.0 cm³/mol. The first kappa shape index (κ1) is 10.1. The molecular formula is C6H12N4S. The van der Waals surface area contributed by atoms with Gasteiger partial charge >= 0.3 is 0 Å². The summed E-state index contributed by atoms with van der Waals surface area (Å²) in [6.45, 7) is 0.631. The highest BCUT2D eigenvalue weighted by atomic mass is 32.2. The van der Waals surface area contributed by atoms with Crippen LogP contribution in [0.2, 0.25) is 0 Å². The summed E-state index contributed by atoms with van der Waals surface area (Å²) in [7, 11) is 1.81. The molecule has 0 aliphatic heterocycles. The summed E-state index contributed by atoms with van der Waals surface area (Å²) < 4.78 is 3.91. The average molecular weight is 172 g/mol. The van der Waals surface area contributed by atoms with Gasteiger partial charge in [-0.25, -0.2) is 0 Å². The third-order valence-corrected chi connectivity index (χ3v) is 1.50. The highest BCUT2D eigenvalue weighted by Gasteiger charge is 1.98. The summed E-state index contributed by atoms with van der Waals surface area (Å²) in [5.41, 5.74) is 5.51. The zero-order valence-corrected chi connectivity index (χ0v) is 7.56. The minimum absolute atomic E-state index is 0.466. The lowest BCUT2D eigenvalue weighted by Crippen LogP contribution is -2.34. The van der Waals surface area contributed by atoms with E-state index in [0.29, 0.717) is 18.9 Å². The third kappa shape index (κ3) is 4.51. The van der Waals surface area contributed by atoms with Crippen LogP contribution in [-0.4, -0.2) is 30.7 Å². The summed E-state index contributed by atoms with van der Waals surface area (Å²) in [6.07, 6.45) is 2.31. The van der Waals surface area contributed by atoms with Gasteiger partial charge in [0, 0.05) is 19.8 Å². The van der Waals surface area contributed by atoms with Crippen molar-refractivity contribution >= 4 is 17.9 Å². The van der Waals surface area contributed by atoms with E-state index in [9.17, 15) is 0 Å². The normalized spacial score (nSPS) is 10.8. The van der Waals surface area contributed by atoms with Crippen molar-refractivity contribution in [1.29, 1.82) is 5.26 Å². The molecule has 0 spiro atoms. The Kier molecular flexibility index (Phi) is 5.39. The molecule has 2 N–H and O–H groups in total. The lowest BCUT2D eigenvalue weighted by Gasteiger charge is -2.14. The topological polar surface area (TPSA) is 65.4 Å². The number of hydrogen-bond acceptors (Lipinski definition) is 3. The first-order valence-corrected chi connectivity index (χ1v) is 4.35. The average Bonchev–Trinajstić information content (AvgIpc) is 2.00. The van der Waals surface area contributed by atoms with E-state index < -0.39 is 0 Å². The molecule has 0 amide bonds. The largest absolute Gasteiger partial charge is 0.369 e. The summed E-state index contributed by atoms with van der Waals surface area (Å²) in [5.74, 6) is 0.466. The van der Waals surface area contributed by atoms with Crippen LogP contribution in [0.3, 0.4) is 0 Å². The molecule has 0 heterocycles. The minimum Gasteiger partial charge on any atom is -0.369 e. The molecular weight excluding hydrogens is 160 g/mol. The van der Waals surface area contributed by atoms with Crippen LogP contribution < -0.4 is 5.73 Å². The monoisotopic (exact) mass is 172 g/mol. The van der Waals surface area contributed by atoms with E-state index in [4.69, 9.17) is 11.0 Å². The highest BCUT2D eigenvalue weighted by Crippen LogP contribution is 1.95. The summed E-state index contributed by atoms with van der Waals surface area (Å²) in [6, 6.07) is 2.04. The Hall–Kier alpha value is -0.890. The molecule has 0 aromatic heterocycles. The number of nitrogens with two attached hydrogens (primary N) is 1. The number of nitrogens with zero attached hydrogens (tertiary/aromatic N) is 3. The number of nitriles is 1. The van der Waals surface area contributed by atoms with Gasteiger partial charge < -0.3 is 10.6 Å². The van der Waals surface area contributed by atoms with Gasteiger partial charge in [-0.1, -0.05) is 0 Å². The van der Waals surface area contributed by atoms with Crippen molar-refractivity contribution in [3.8, 4) is 6.07 Å². The number of guanidine groups is 1. The van der Waals surface area contributed by atoms with E-state index in [2.05, 4.69) is 4.40 Å². The van der Waals surface area contributed by atoms with Gasteiger partial charge in [0.25, 0.3) is 0 Å². The second kappa shape index (κ2) is 5.86. The molecule has 0 aliphatic carbocycles. The van der Waals surface area contributed by atoms with Gasteiger partial charge in [0.1, 0.15) is 0 Å². The van der Waals surface area contributed by atoms with Crippen molar-refractivity contribution in [2.75, 3.05) is 19.8 Å². The molecule has 0 saturated carbocycles. The first-order chi connectivity index (χ1) is 5.22. The van der Waals surface area contributed by atoms with Crippen LogP contribution >= 0.6 is 11.9 Å². The van der Waals surface area contributed by atoms with Crippen molar-refractivity contribution < 1.29 is 0 Å². The van der Waals surface area contributed by atoms with E-state index in [-0.39, 0.29) is 0 Å². The molecule has 4 nitrogen and oxygen atoms in total. The van der Waals surface area contributed by atoms with E-state index in [0.717, 1.165) is 0 Å². The second-order valence-corrected chi connectivity index (χ2v) is 2.51. The van der Waals surface area contributed by atoms with Crippen LogP contribution in [0.5, 0.6) is 0 Å². The third-order valence-electron chi connectivity index (χ3n) is 1.13. The molecule has 0 rings (SSSR count). The molecule has 0 saturated heterocycles. The molecule has 62 valence electrons. The molecule has 0 bridgehead atoms. The lowest BCUT2D eigenvalue weighted by atomic mass is 10.4. The van der Waals surface area contributed by atoms with Gasteiger partial charge in [-0.3, -0.25) is 0 Å². The fourth-order valence-corrected chi connectivity index (χ4v) is 0.822. The Bertz CT molecular complexity index is 172. The predicted octanol–water partition coefficient (Wildman–Crippen LogP) is 0.425. The van der Waals surface area contributed by atoms with Gasteiger partial charge in [-0.2, -0.15) is 9.66 Å². The second-order valence-electron chi connectivity index (χ2n) is 1.96. The fourth-order valence-electron chi connectivity index (χ4n) is 0.495. The van der Waals surface area contributed by atoms with Crippen LogP contribution in [0.1, 0.15) is 6.42 Å². The Morgan fingerprint density at radius 1 is 1.82 bits per heavy atom. The van der Waals surface area contributed by atoms with Crippen LogP contribution in [0.4, 0.5) is 0 Å². The molecule has 0 aromatic carbocycles. The smallest absolute Gasteiger partial charge is 0.202 e. The molecule has 0 unspecified atom stereocenters. The maximum atomic E-state index is 8.26. The van der Waals surface area contributed by atoms with Gasteiger partial charge in [-0.05, 0) is 11.9 Å². The zero-order valence-electron chi connectivity index (χ0n) is 6.74. The van der Waals surface area contributed by atoms with Gasteiger partial charge in [0.2, 0.25) is 5.96 Å². The zero-order chi connectivity index (χ0) is 8.69. The van der Waals surface area contributed by atoms with Crippen molar-refractivity contribution in [2.45, 2.75) is 6.42 Å². The Balaban J connectivity index is 3.74. The number of hydrogen-bond donors (Lipinski definition) is 1. The van der Waals surface area contributed by atoms with E-state index in [1.165, 1.54) is 11.9 Å². The van der Waals surface area contributed by atoms with Crippen LogP contribution in [0, 0.1) is 11.3 Å². The standard InChI is InChI=1S/C6H12N4S/c1-10(5-3-4-7)6(8)9-11-2/h3,5H2,1-2H3,(H2,8,9). The molecule has 5 heteroatoms. The van der Waals surface area contributed by atoms with Gasteiger partial charge in [0.15, 0.2) is 0 Å². The van der Waals surface area contributed by atoms with Crippen molar-refractivity contribution in [3.05, 3.63) is 0 Å². The lowest BCUT2D eigenvalue weighted by molar-refractivity contribution is 0.511. The summed E-state index contributed by atoms with van der Waals surface area (Å²) in [4.78, 5) is 1.75. The maximum absolute atomic E-state index is 8.26. The van der Waals surface area contributed by atoms with Crippen molar-refractivity contribution in [1.82, 2.24) is 4.90 Å². The van der Waals surface area contributed by atoms with Crippen molar-refractivity contribution in [3.63, 3.8) is 0 Å². The van der Waals surface area contributed by atoms with Crippen LogP contribution in [0.15, 0.2) is 4.40 Å². The highest BCUT2D eigenvalue weighted by molar-refractivity contribution is 7.97. The fraction of sp³-hybridized carbons (Fsp3) is 0.667. The molecule has 11 heavy (non-hydrogen) atoms. The molecule has 0 atom stereocenters. The molecule has 0 aromatic rings. The minimum atomic E-state index is 0.466. The quantitative estimate of drug-likeness (QED) is 0.381. The molecule has 0 aliphatic rings. The van der Waals surface area contributed by atoms with Crippen molar-refractivity contribution in [2.24, 2.45) is 10.1 Å². The van der Waals surface area contributed by atoms with Gasteiger partial charge in [0.05, 0.1) is 12.5 Å². The molecule has 0 fully saturated rings. The molecule has 0 radical (unpaired) electrons. The Morgan fingerprint density at radius 3 is 2.91 bits per heavy atom. The van der Waals surface area contributed by atoms with Crippen LogP contribution in [0.25, 0.3) is 0 Å². The van der Waals surface area contributed by atoms with Crippen LogP contribution in [-0.2, 0) is 0 Å². The Morgan fingerprint density at radius 2 is 2.45 bits per heavy atom. The number of rotatable bonds is 3. The summed E-state index contributed by atoms with van der Waals surface area (Å²) in [5, 5.41) is 8.26. The van der Waals surface area contributed by atoms with E-state index in [1.54, 1.807) is 4.90 Å². The van der Waals surface area contributed by atoms with Gasteiger partial charge in [-0.15, -0.1) is 0 Å². The SMILES string of the molecule is CSN=C(N)N(C)CCC#N. The maximum Gasteiger partial charge on any atom is 0.202 e. The summed E-state index contributed by atoms with van der Waals surface area (Å²) >= 11 is 1.31. The Labute approximate surface area is 71.2 Å². The van der Waals surface area contributed by atoms with E-state index in [1.807, 2.05) is 19.4 Å².